The van der Waals surface area contributed by atoms with Crippen LogP contribution < -0.4 is 5.32 Å². The van der Waals surface area contributed by atoms with Gasteiger partial charge in [0.1, 0.15) is 0 Å². The van der Waals surface area contributed by atoms with Gasteiger partial charge in [-0.15, -0.1) is 0 Å². The summed E-state index contributed by atoms with van der Waals surface area (Å²) < 4.78 is 1.79. The number of halogens is 2. The lowest BCUT2D eigenvalue weighted by Gasteiger charge is -2.19. The zero-order chi connectivity index (χ0) is 27.1. The first-order valence-corrected chi connectivity index (χ1v) is 13.2. The van der Waals surface area contributed by atoms with Crippen molar-refractivity contribution in [1.29, 1.82) is 0 Å². The molecule has 6 nitrogen and oxygen atoms in total. The van der Waals surface area contributed by atoms with Crippen LogP contribution in [0.1, 0.15) is 44.7 Å². The Balaban J connectivity index is 1.41. The lowest BCUT2D eigenvalue weighted by molar-refractivity contribution is 0.0696. The third-order valence-corrected chi connectivity index (χ3v) is 7.56. The van der Waals surface area contributed by atoms with Gasteiger partial charge >= 0.3 is 5.97 Å². The lowest BCUT2D eigenvalue weighted by atomic mass is 9.98. The summed E-state index contributed by atoms with van der Waals surface area (Å²) in [7, 11) is 0. The van der Waals surface area contributed by atoms with E-state index in [0.29, 0.717) is 27.7 Å². The van der Waals surface area contributed by atoms with Crippen molar-refractivity contribution in [3.8, 4) is 11.1 Å². The molecular weight excluding hydrogens is 533 g/mol. The smallest absolute Gasteiger partial charge is 0.335 e. The second-order valence-electron chi connectivity index (χ2n) is 9.83. The summed E-state index contributed by atoms with van der Waals surface area (Å²) in [6.45, 7) is 0.385. The molecule has 1 aliphatic rings. The molecule has 2 N–H and O–H groups in total. The van der Waals surface area contributed by atoms with Gasteiger partial charge in [-0.3, -0.25) is 9.48 Å². The Morgan fingerprint density at radius 1 is 0.897 bits per heavy atom. The summed E-state index contributed by atoms with van der Waals surface area (Å²) in [6, 6.07) is 25.9. The number of benzene rings is 4. The molecule has 0 radical (unpaired) electrons. The molecule has 0 aliphatic heterocycles. The molecule has 1 fully saturated rings. The van der Waals surface area contributed by atoms with E-state index in [4.69, 9.17) is 23.2 Å². The van der Waals surface area contributed by atoms with Crippen molar-refractivity contribution in [2.45, 2.75) is 24.9 Å². The number of amides is 1. The van der Waals surface area contributed by atoms with Crippen LogP contribution in [0.4, 0.5) is 0 Å². The summed E-state index contributed by atoms with van der Waals surface area (Å²) >= 11 is 12.5. The molecular formula is C31H23Cl2N3O3. The fourth-order valence-corrected chi connectivity index (χ4v) is 5.60. The number of hydrogen-bond donors (Lipinski definition) is 2. The zero-order valence-electron chi connectivity index (χ0n) is 20.7. The molecule has 8 heteroatoms. The number of rotatable bonds is 7. The summed E-state index contributed by atoms with van der Waals surface area (Å²) in [5.74, 6) is -1.20. The second kappa shape index (κ2) is 9.88. The molecule has 194 valence electrons. The molecule has 1 amide bonds. The highest BCUT2D eigenvalue weighted by Gasteiger charge is 2.46. The first kappa shape index (κ1) is 25.2. The van der Waals surface area contributed by atoms with Gasteiger partial charge in [0, 0.05) is 15.4 Å². The second-order valence-corrected chi connectivity index (χ2v) is 10.7. The van der Waals surface area contributed by atoms with Crippen LogP contribution in [0.25, 0.3) is 22.0 Å². The molecule has 4 aromatic carbocycles. The minimum Gasteiger partial charge on any atom is -0.478 e. The molecule has 0 bridgehead atoms. The van der Waals surface area contributed by atoms with E-state index in [2.05, 4.69) is 10.4 Å². The fraction of sp³-hybridized carbons (Fsp3) is 0.129. The van der Waals surface area contributed by atoms with Gasteiger partial charge in [-0.2, -0.15) is 5.10 Å². The minimum absolute atomic E-state index is 0.211. The van der Waals surface area contributed by atoms with Gasteiger partial charge in [-0.1, -0.05) is 65.7 Å². The molecule has 39 heavy (non-hydrogen) atoms. The van der Waals surface area contributed by atoms with Gasteiger partial charge < -0.3 is 10.4 Å². The van der Waals surface area contributed by atoms with Crippen LogP contribution in [-0.4, -0.2) is 26.8 Å². The van der Waals surface area contributed by atoms with E-state index in [1.807, 2.05) is 54.6 Å². The van der Waals surface area contributed by atoms with Crippen molar-refractivity contribution in [2.75, 3.05) is 0 Å². The highest BCUT2D eigenvalue weighted by molar-refractivity contribution is 6.34. The van der Waals surface area contributed by atoms with Crippen LogP contribution in [0, 0.1) is 0 Å². The van der Waals surface area contributed by atoms with E-state index in [1.54, 1.807) is 41.2 Å². The monoisotopic (exact) mass is 555 g/mol. The Morgan fingerprint density at radius 2 is 1.59 bits per heavy atom. The molecule has 1 aliphatic carbocycles. The number of hydrogen-bond acceptors (Lipinski definition) is 3. The molecule has 1 saturated carbocycles. The number of carbonyl (C=O) groups excluding carboxylic acids is 1. The maximum atomic E-state index is 14.0. The zero-order valence-corrected chi connectivity index (χ0v) is 22.2. The Bertz CT molecular complexity index is 1710. The SMILES string of the molecule is O=C(O)c1ccc(C2(NC(=O)c3cc(-c4ccccc4)cc4cnn(Cc5cc(Cl)cc(Cl)c5)c34)CC2)cc1. The summed E-state index contributed by atoms with van der Waals surface area (Å²) in [5, 5.41) is 19.0. The number of aromatic carboxylic acids is 1. The molecule has 1 aromatic heterocycles. The van der Waals surface area contributed by atoms with Crippen LogP contribution >= 0.6 is 23.2 Å². The number of aromatic nitrogens is 2. The number of carbonyl (C=O) groups is 2. The molecule has 1 heterocycles. The molecule has 6 rings (SSSR count). The van der Waals surface area contributed by atoms with Gasteiger partial charge in [-0.25, -0.2) is 4.79 Å². The average molecular weight is 556 g/mol. The largest absolute Gasteiger partial charge is 0.478 e. The first-order chi connectivity index (χ1) is 18.8. The van der Waals surface area contributed by atoms with Crippen LogP contribution in [0.5, 0.6) is 0 Å². The summed E-state index contributed by atoms with van der Waals surface area (Å²) in [5.41, 5.74) is 4.55. The van der Waals surface area contributed by atoms with Gasteiger partial charge in [0.05, 0.1) is 34.9 Å². The van der Waals surface area contributed by atoms with Gasteiger partial charge in [-0.05, 0) is 77.6 Å². The van der Waals surface area contributed by atoms with Crippen LogP contribution in [0.2, 0.25) is 10.0 Å². The molecule has 0 saturated heterocycles. The number of nitrogens with one attached hydrogen (secondary N) is 1. The van der Waals surface area contributed by atoms with Crippen LogP contribution in [0.3, 0.4) is 0 Å². The number of fused-ring (bicyclic) bond motifs is 1. The van der Waals surface area contributed by atoms with E-state index in [9.17, 15) is 14.7 Å². The molecule has 0 unspecified atom stereocenters. The Labute approximate surface area is 234 Å². The van der Waals surface area contributed by atoms with Gasteiger partial charge in [0.2, 0.25) is 0 Å². The third-order valence-electron chi connectivity index (χ3n) is 7.13. The molecule has 0 spiro atoms. The molecule has 0 atom stereocenters. The van der Waals surface area contributed by atoms with Crippen LogP contribution in [0.15, 0.2) is 91.1 Å². The predicted octanol–water partition coefficient (Wildman–Crippen LogP) is 7.18. The van der Waals surface area contributed by atoms with E-state index in [-0.39, 0.29) is 11.5 Å². The highest BCUT2D eigenvalue weighted by Crippen LogP contribution is 2.46. The fourth-order valence-electron chi connectivity index (χ4n) is 5.03. The van der Waals surface area contributed by atoms with Crippen molar-refractivity contribution in [2.24, 2.45) is 0 Å². The standard InChI is InChI=1S/C31H23Cl2N3O3/c32-25-12-19(13-26(33)16-25)18-36-28-23(17-34-36)14-22(20-4-2-1-3-5-20)15-27(28)29(37)35-31(10-11-31)24-8-6-21(7-9-24)30(38)39/h1-9,12-17H,10-11,18H2,(H,35,37)(H,38,39). The Hall–Kier alpha value is -4.13. The number of nitrogens with zero attached hydrogens (tertiary/aromatic N) is 2. The minimum atomic E-state index is -0.982. The topological polar surface area (TPSA) is 84.2 Å². The van der Waals surface area contributed by atoms with E-state index in [0.717, 1.165) is 40.5 Å². The lowest BCUT2D eigenvalue weighted by Crippen LogP contribution is -2.35. The van der Waals surface area contributed by atoms with Crippen molar-refractivity contribution in [1.82, 2.24) is 15.1 Å². The van der Waals surface area contributed by atoms with Gasteiger partial charge in [0.25, 0.3) is 5.91 Å². The summed E-state index contributed by atoms with van der Waals surface area (Å²) in [4.78, 5) is 25.3. The summed E-state index contributed by atoms with van der Waals surface area (Å²) in [6.07, 6.45) is 3.31. The van der Waals surface area contributed by atoms with Gasteiger partial charge in [0.15, 0.2) is 0 Å². The van der Waals surface area contributed by atoms with Crippen molar-refractivity contribution < 1.29 is 14.7 Å². The number of carboxylic acids is 1. The number of carboxylic acid groups (broad SMARTS) is 1. The maximum Gasteiger partial charge on any atom is 0.335 e. The molecule has 5 aromatic rings. The Kier molecular flexibility index (Phi) is 6.37. The van der Waals surface area contributed by atoms with Crippen LogP contribution in [-0.2, 0) is 12.1 Å². The van der Waals surface area contributed by atoms with E-state index >= 15 is 0 Å². The van der Waals surface area contributed by atoms with E-state index in [1.165, 1.54) is 0 Å². The highest BCUT2D eigenvalue weighted by atomic mass is 35.5. The maximum absolute atomic E-state index is 14.0. The van der Waals surface area contributed by atoms with Crippen molar-refractivity contribution in [3.63, 3.8) is 0 Å². The average Bonchev–Trinajstić information content (AvgIpc) is 3.60. The first-order valence-electron chi connectivity index (χ1n) is 12.5. The normalized spacial score (nSPS) is 13.8. The van der Waals surface area contributed by atoms with Crippen molar-refractivity contribution >= 4 is 46.0 Å². The van der Waals surface area contributed by atoms with E-state index < -0.39 is 11.5 Å². The predicted molar refractivity (Wildman–Crippen MR) is 153 cm³/mol. The quantitative estimate of drug-likeness (QED) is 0.223. The van der Waals surface area contributed by atoms with Crippen molar-refractivity contribution in [3.05, 3.63) is 123 Å². The third kappa shape index (κ3) is 5.01. The Morgan fingerprint density at radius 3 is 2.23 bits per heavy atom.